The van der Waals surface area contributed by atoms with Crippen molar-refractivity contribution in [3.8, 4) is 12.1 Å². The normalized spacial score (nSPS) is 16.6. The number of nitrogens with zero attached hydrogens (tertiary/aromatic N) is 3. The molecule has 0 radical (unpaired) electrons. The first-order valence-corrected chi connectivity index (χ1v) is 10.8. The molecule has 1 saturated heterocycles. The van der Waals surface area contributed by atoms with Crippen LogP contribution in [0.4, 0.5) is 5.69 Å². The van der Waals surface area contributed by atoms with Gasteiger partial charge in [0, 0.05) is 25.3 Å². The van der Waals surface area contributed by atoms with E-state index in [0.717, 1.165) is 43.5 Å². The largest absolute Gasteiger partial charge is 0.385 e. The molecule has 2 aromatic rings. The molecule has 0 aromatic heterocycles. The van der Waals surface area contributed by atoms with Crippen molar-refractivity contribution in [3.63, 3.8) is 0 Å². The molecule has 1 heterocycles. The third kappa shape index (κ3) is 3.89. The Hall–Kier alpha value is -3.31. The summed E-state index contributed by atoms with van der Waals surface area (Å²) in [5.74, 6) is 0.778. The molecular weight excluding hydrogens is 372 g/mol. The first-order valence-electron chi connectivity index (χ1n) is 10.8. The highest BCUT2D eigenvalue weighted by Gasteiger charge is 2.35. The zero-order chi connectivity index (χ0) is 21.1. The zero-order valence-corrected chi connectivity index (χ0v) is 17.3. The number of amides is 1. The minimum absolute atomic E-state index is 0.0447. The fourth-order valence-electron chi connectivity index (χ4n) is 4.49. The van der Waals surface area contributed by atoms with Crippen LogP contribution in [-0.2, 0) is 0 Å². The van der Waals surface area contributed by atoms with Gasteiger partial charge in [0.1, 0.15) is 0 Å². The molecule has 4 rings (SSSR count). The molecule has 0 unspecified atom stereocenters. The van der Waals surface area contributed by atoms with E-state index in [0.29, 0.717) is 41.6 Å². The molecular formula is C25H26N4O. The molecule has 1 amide bonds. The fourth-order valence-corrected chi connectivity index (χ4v) is 4.49. The minimum atomic E-state index is 0.0447. The van der Waals surface area contributed by atoms with E-state index in [1.165, 1.54) is 5.56 Å². The molecule has 0 bridgehead atoms. The van der Waals surface area contributed by atoms with Crippen molar-refractivity contribution in [1.82, 2.24) is 4.90 Å². The summed E-state index contributed by atoms with van der Waals surface area (Å²) in [4.78, 5) is 15.5. The van der Waals surface area contributed by atoms with E-state index in [1.807, 2.05) is 48.2 Å². The number of rotatable bonds is 5. The van der Waals surface area contributed by atoms with Gasteiger partial charge < -0.3 is 10.2 Å². The number of nitrogens with one attached hydrogen (secondary N) is 1. The maximum atomic E-state index is 13.6. The number of piperidine rings is 1. The second kappa shape index (κ2) is 8.59. The average Bonchev–Trinajstić information content (AvgIpc) is 3.64. The van der Waals surface area contributed by atoms with Crippen LogP contribution in [0, 0.1) is 22.7 Å². The average molecular weight is 399 g/mol. The van der Waals surface area contributed by atoms with Gasteiger partial charge in [-0.15, -0.1) is 0 Å². The highest BCUT2D eigenvalue weighted by atomic mass is 16.2. The van der Waals surface area contributed by atoms with Crippen molar-refractivity contribution in [2.75, 3.05) is 25.0 Å². The molecule has 1 aliphatic heterocycles. The Bertz CT molecular complexity index is 1020. The van der Waals surface area contributed by atoms with Crippen LogP contribution in [0.25, 0.3) is 0 Å². The second-order valence-corrected chi connectivity index (χ2v) is 8.17. The lowest BCUT2D eigenvalue weighted by atomic mass is 9.88. The molecule has 2 aromatic carbocycles. The van der Waals surface area contributed by atoms with E-state index in [9.17, 15) is 10.1 Å². The van der Waals surface area contributed by atoms with Crippen molar-refractivity contribution in [1.29, 1.82) is 10.5 Å². The summed E-state index contributed by atoms with van der Waals surface area (Å²) in [6.45, 7) is 4.16. The summed E-state index contributed by atoms with van der Waals surface area (Å²) in [6, 6.07) is 16.0. The first-order chi connectivity index (χ1) is 14.7. The highest BCUT2D eigenvalue weighted by Crippen LogP contribution is 2.45. The van der Waals surface area contributed by atoms with E-state index < -0.39 is 0 Å². The van der Waals surface area contributed by atoms with Crippen LogP contribution in [0.3, 0.4) is 0 Å². The maximum Gasteiger partial charge on any atom is 0.256 e. The summed E-state index contributed by atoms with van der Waals surface area (Å²) in [5.41, 5.74) is 5.03. The first kappa shape index (κ1) is 20.0. The Morgan fingerprint density at radius 3 is 2.27 bits per heavy atom. The summed E-state index contributed by atoms with van der Waals surface area (Å²) in [6.07, 6.45) is 3.91. The number of hydrogen-bond donors (Lipinski definition) is 1. The molecule has 1 saturated carbocycles. The molecule has 30 heavy (non-hydrogen) atoms. The smallest absolute Gasteiger partial charge is 0.256 e. The van der Waals surface area contributed by atoms with Gasteiger partial charge in [0.2, 0.25) is 0 Å². The van der Waals surface area contributed by atoms with Crippen LogP contribution in [-0.4, -0.2) is 30.4 Å². The molecule has 0 atom stereocenters. The number of carbonyl (C=O) groups excluding carboxylic acids is 1. The monoisotopic (exact) mass is 398 g/mol. The van der Waals surface area contributed by atoms with Gasteiger partial charge >= 0.3 is 0 Å². The SMILES string of the molecule is CCNc1ccc(C#N)c(C2CC2)c1C(=O)N1CCC(c2ccc(C#N)cc2)CC1. The van der Waals surface area contributed by atoms with Gasteiger partial charge in [0.15, 0.2) is 0 Å². The van der Waals surface area contributed by atoms with Gasteiger partial charge in [-0.1, -0.05) is 12.1 Å². The van der Waals surface area contributed by atoms with Crippen LogP contribution in [0.2, 0.25) is 0 Å². The Labute approximate surface area is 177 Å². The lowest BCUT2D eigenvalue weighted by molar-refractivity contribution is 0.0712. The molecule has 5 heteroatoms. The van der Waals surface area contributed by atoms with Crippen LogP contribution in [0.5, 0.6) is 0 Å². The van der Waals surface area contributed by atoms with Crippen LogP contribution >= 0.6 is 0 Å². The van der Waals surface area contributed by atoms with Crippen molar-refractivity contribution in [2.24, 2.45) is 0 Å². The summed E-state index contributed by atoms with van der Waals surface area (Å²) < 4.78 is 0. The third-order valence-electron chi connectivity index (χ3n) is 6.23. The number of carbonyl (C=O) groups is 1. The van der Waals surface area contributed by atoms with Gasteiger partial charge in [-0.05, 0) is 79.8 Å². The Morgan fingerprint density at radius 2 is 1.70 bits per heavy atom. The maximum absolute atomic E-state index is 13.6. The van der Waals surface area contributed by atoms with Crippen LogP contribution in [0.1, 0.15) is 77.1 Å². The quantitative estimate of drug-likeness (QED) is 0.787. The Balaban J connectivity index is 1.55. The van der Waals surface area contributed by atoms with E-state index in [4.69, 9.17) is 5.26 Å². The summed E-state index contributed by atoms with van der Waals surface area (Å²) in [5, 5.41) is 21.9. The Kier molecular flexibility index (Phi) is 5.72. The predicted molar refractivity (Wildman–Crippen MR) is 116 cm³/mol. The number of anilines is 1. The molecule has 1 aliphatic carbocycles. The van der Waals surface area contributed by atoms with Gasteiger partial charge in [0.25, 0.3) is 5.91 Å². The van der Waals surface area contributed by atoms with Crippen LogP contribution < -0.4 is 5.32 Å². The van der Waals surface area contributed by atoms with E-state index in [1.54, 1.807) is 0 Å². The van der Waals surface area contributed by atoms with Crippen molar-refractivity contribution >= 4 is 11.6 Å². The Morgan fingerprint density at radius 1 is 1.00 bits per heavy atom. The standard InChI is InChI=1S/C25H26N4O/c1-2-28-22-10-9-21(16-27)23(20-7-8-20)24(22)25(30)29-13-11-19(12-14-29)18-5-3-17(15-26)4-6-18/h3-6,9-10,19-20,28H,2,7-8,11-14H2,1H3. The van der Waals surface area contributed by atoms with E-state index >= 15 is 0 Å². The van der Waals surface area contributed by atoms with Crippen molar-refractivity contribution in [3.05, 3.63) is 64.2 Å². The topological polar surface area (TPSA) is 79.9 Å². The van der Waals surface area contributed by atoms with Gasteiger partial charge in [-0.25, -0.2) is 0 Å². The van der Waals surface area contributed by atoms with Crippen LogP contribution in [0.15, 0.2) is 36.4 Å². The number of hydrogen-bond acceptors (Lipinski definition) is 4. The highest BCUT2D eigenvalue weighted by molar-refractivity contribution is 6.02. The third-order valence-corrected chi connectivity index (χ3v) is 6.23. The number of benzene rings is 2. The molecule has 1 N–H and O–H groups in total. The predicted octanol–water partition coefficient (Wildman–Crippen LogP) is 4.76. The molecule has 2 fully saturated rings. The fraction of sp³-hybridized carbons (Fsp3) is 0.400. The number of nitriles is 2. The lowest BCUT2D eigenvalue weighted by Crippen LogP contribution is -2.38. The number of likely N-dealkylation sites (tertiary alicyclic amines) is 1. The van der Waals surface area contributed by atoms with Crippen molar-refractivity contribution in [2.45, 2.75) is 44.4 Å². The van der Waals surface area contributed by atoms with Gasteiger partial charge in [0.05, 0.1) is 28.8 Å². The van der Waals surface area contributed by atoms with E-state index in [-0.39, 0.29) is 5.91 Å². The molecule has 152 valence electrons. The van der Waals surface area contributed by atoms with Gasteiger partial charge in [-0.2, -0.15) is 10.5 Å². The molecule has 0 spiro atoms. The lowest BCUT2D eigenvalue weighted by Gasteiger charge is -2.33. The molecule has 5 nitrogen and oxygen atoms in total. The van der Waals surface area contributed by atoms with Gasteiger partial charge in [-0.3, -0.25) is 4.79 Å². The zero-order valence-electron chi connectivity index (χ0n) is 17.3. The van der Waals surface area contributed by atoms with E-state index in [2.05, 4.69) is 17.5 Å². The second-order valence-electron chi connectivity index (χ2n) is 8.17. The summed E-state index contributed by atoms with van der Waals surface area (Å²) in [7, 11) is 0. The minimum Gasteiger partial charge on any atom is -0.385 e. The summed E-state index contributed by atoms with van der Waals surface area (Å²) >= 11 is 0. The van der Waals surface area contributed by atoms with Crippen molar-refractivity contribution < 1.29 is 4.79 Å². The molecule has 2 aliphatic rings.